The Kier molecular flexibility index (Phi) is 5.01. The number of aromatic nitrogens is 3. The van der Waals surface area contributed by atoms with Crippen molar-refractivity contribution in [1.82, 2.24) is 19.2 Å². The van der Waals surface area contributed by atoms with Crippen molar-refractivity contribution in [3.63, 3.8) is 0 Å². The Balaban J connectivity index is 1.49. The zero-order valence-electron chi connectivity index (χ0n) is 15.8. The van der Waals surface area contributed by atoms with E-state index in [0.717, 1.165) is 55.7 Å². The van der Waals surface area contributed by atoms with Gasteiger partial charge in [0.1, 0.15) is 18.1 Å². The summed E-state index contributed by atoms with van der Waals surface area (Å²) < 4.78 is 8.29. The molecule has 0 unspecified atom stereocenters. The molecule has 1 amide bonds. The highest BCUT2D eigenvalue weighted by molar-refractivity contribution is 5.76. The third-order valence-electron chi connectivity index (χ3n) is 5.39. The topological polar surface area (TPSA) is 69.4 Å². The van der Waals surface area contributed by atoms with Gasteiger partial charge in [0.15, 0.2) is 0 Å². The van der Waals surface area contributed by atoms with Crippen LogP contribution in [0.15, 0.2) is 29.1 Å². The van der Waals surface area contributed by atoms with Crippen molar-refractivity contribution in [1.29, 1.82) is 0 Å². The number of amides is 1. The number of ether oxygens (including phenoxy) is 1. The van der Waals surface area contributed by atoms with Gasteiger partial charge in [-0.3, -0.25) is 9.36 Å². The van der Waals surface area contributed by atoms with E-state index in [1.165, 1.54) is 4.68 Å². The SMILES string of the molecule is COc1ccc(CN(C(=O)Cn2nc3n(c2=O)CCCCC3)C2CC2)cc1. The lowest BCUT2D eigenvalue weighted by atomic mass is 10.2. The van der Waals surface area contributed by atoms with Crippen molar-refractivity contribution in [2.75, 3.05) is 7.11 Å². The van der Waals surface area contributed by atoms with Gasteiger partial charge < -0.3 is 9.64 Å². The molecule has 4 rings (SSSR count). The number of rotatable bonds is 6. The largest absolute Gasteiger partial charge is 0.497 e. The molecule has 1 aliphatic carbocycles. The maximum Gasteiger partial charge on any atom is 0.346 e. The zero-order valence-corrected chi connectivity index (χ0v) is 15.8. The van der Waals surface area contributed by atoms with Gasteiger partial charge in [-0.05, 0) is 43.4 Å². The Bertz CT molecular complexity index is 864. The molecule has 144 valence electrons. The first-order valence-electron chi connectivity index (χ1n) is 9.74. The van der Waals surface area contributed by atoms with Gasteiger partial charge in [-0.25, -0.2) is 9.48 Å². The van der Waals surface area contributed by atoms with Crippen LogP contribution in [0.5, 0.6) is 5.75 Å². The predicted octanol–water partition coefficient (Wildman–Crippen LogP) is 1.97. The van der Waals surface area contributed by atoms with Crippen molar-refractivity contribution in [3.8, 4) is 5.75 Å². The van der Waals surface area contributed by atoms with E-state index in [9.17, 15) is 9.59 Å². The van der Waals surface area contributed by atoms with Crippen LogP contribution < -0.4 is 10.4 Å². The average Bonchev–Trinajstić information content (AvgIpc) is 3.50. The number of carbonyl (C=O) groups is 1. The number of nitrogens with zero attached hydrogens (tertiary/aromatic N) is 4. The molecule has 1 saturated carbocycles. The van der Waals surface area contributed by atoms with Gasteiger partial charge in [-0.15, -0.1) is 0 Å². The van der Waals surface area contributed by atoms with Crippen LogP contribution in [0.2, 0.25) is 0 Å². The zero-order chi connectivity index (χ0) is 18.8. The molecule has 0 saturated heterocycles. The highest BCUT2D eigenvalue weighted by Crippen LogP contribution is 2.29. The van der Waals surface area contributed by atoms with E-state index >= 15 is 0 Å². The van der Waals surface area contributed by atoms with E-state index in [4.69, 9.17) is 4.74 Å². The monoisotopic (exact) mass is 370 g/mol. The summed E-state index contributed by atoms with van der Waals surface area (Å²) in [5.41, 5.74) is 0.907. The summed E-state index contributed by atoms with van der Waals surface area (Å²) in [6.45, 7) is 1.28. The first-order chi connectivity index (χ1) is 13.2. The van der Waals surface area contributed by atoms with Crippen LogP contribution in [0.4, 0.5) is 0 Å². The number of hydrogen-bond donors (Lipinski definition) is 0. The van der Waals surface area contributed by atoms with Crippen LogP contribution in [-0.2, 0) is 30.8 Å². The van der Waals surface area contributed by atoms with Crippen LogP contribution in [0.3, 0.4) is 0 Å². The predicted molar refractivity (Wildman–Crippen MR) is 101 cm³/mol. The first-order valence-corrected chi connectivity index (χ1v) is 9.74. The second-order valence-corrected chi connectivity index (χ2v) is 7.42. The second kappa shape index (κ2) is 7.58. The fourth-order valence-corrected chi connectivity index (χ4v) is 3.68. The lowest BCUT2D eigenvalue weighted by Crippen LogP contribution is -2.38. The smallest absolute Gasteiger partial charge is 0.346 e. The number of methoxy groups -OCH3 is 1. The van der Waals surface area contributed by atoms with Crippen molar-refractivity contribution < 1.29 is 9.53 Å². The molecular weight excluding hydrogens is 344 g/mol. The van der Waals surface area contributed by atoms with Gasteiger partial charge in [0, 0.05) is 25.6 Å². The molecule has 2 aromatic rings. The number of benzene rings is 1. The number of hydrogen-bond acceptors (Lipinski definition) is 4. The molecule has 1 aromatic heterocycles. The van der Waals surface area contributed by atoms with Gasteiger partial charge in [0.05, 0.1) is 7.11 Å². The summed E-state index contributed by atoms with van der Waals surface area (Å²) >= 11 is 0. The molecule has 7 nitrogen and oxygen atoms in total. The van der Waals surface area contributed by atoms with Gasteiger partial charge in [-0.1, -0.05) is 18.6 Å². The summed E-state index contributed by atoms with van der Waals surface area (Å²) in [6, 6.07) is 8.04. The summed E-state index contributed by atoms with van der Waals surface area (Å²) in [5.74, 6) is 1.58. The molecule has 0 spiro atoms. The average molecular weight is 370 g/mol. The van der Waals surface area contributed by atoms with Crippen LogP contribution in [0.1, 0.15) is 43.5 Å². The first kappa shape index (κ1) is 17.8. The Labute approximate surface area is 158 Å². The van der Waals surface area contributed by atoms with E-state index in [1.54, 1.807) is 11.7 Å². The molecule has 0 bridgehead atoms. The summed E-state index contributed by atoms with van der Waals surface area (Å²) in [4.78, 5) is 27.5. The maximum atomic E-state index is 12.9. The Hall–Kier alpha value is -2.57. The molecule has 7 heteroatoms. The molecule has 27 heavy (non-hydrogen) atoms. The van der Waals surface area contributed by atoms with Crippen LogP contribution in [0.25, 0.3) is 0 Å². The van der Waals surface area contributed by atoms with Crippen molar-refractivity contribution >= 4 is 5.91 Å². The fraction of sp³-hybridized carbons (Fsp3) is 0.550. The van der Waals surface area contributed by atoms with Crippen molar-refractivity contribution in [2.24, 2.45) is 0 Å². The minimum absolute atomic E-state index is 0.0193. The van der Waals surface area contributed by atoms with E-state index in [-0.39, 0.29) is 24.2 Å². The van der Waals surface area contributed by atoms with Gasteiger partial charge >= 0.3 is 5.69 Å². The molecule has 0 N–H and O–H groups in total. The quantitative estimate of drug-likeness (QED) is 0.780. The molecule has 1 aliphatic heterocycles. The number of aryl methyl sites for hydroxylation is 1. The normalized spacial score (nSPS) is 16.5. The molecular formula is C20H26N4O3. The summed E-state index contributed by atoms with van der Waals surface area (Å²) in [6.07, 6.45) is 6.04. The van der Waals surface area contributed by atoms with Crippen LogP contribution in [0, 0.1) is 0 Å². The van der Waals surface area contributed by atoms with Gasteiger partial charge in [0.25, 0.3) is 0 Å². The lowest BCUT2D eigenvalue weighted by Gasteiger charge is -2.22. The molecule has 2 aliphatic rings. The highest BCUT2D eigenvalue weighted by atomic mass is 16.5. The Morgan fingerprint density at radius 1 is 1.22 bits per heavy atom. The Morgan fingerprint density at radius 2 is 2.00 bits per heavy atom. The molecule has 1 aromatic carbocycles. The molecule has 0 radical (unpaired) electrons. The van der Waals surface area contributed by atoms with Crippen molar-refractivity contribution in [3.05, 3.63) is 46.1 Å². The van der Waals surface area contributed by atoms with E-state index in [1.807, 2.05) is 29.2 Å². The number of fused-ring (bicyclic) bond motifs is 1. The second-order valence-electron chi connectivity index (χ2n) is 7.42. The van der Waals surface area contributed by atoms with Gasteiger partial charge in [-0.2, -0.15) is 5.10 Å². The van der Waals surface area contributed by atoms with Crippen LogP contribution in [-0.4, -0.2) is 38.3 Å². The minimum atomic E-state index is -0.152. The van der Waals surface area contributed by atoms with E-state index < -0.39 is 0 Å². The molecule has 1 fully saturated rings. The molecule has 0 atom stereocenters. The summed E-state index contributed by atoms with van der Waals surface area (Å²) in [7, 11) is 1.64. The third-order valence-corrected chi connectivity index (χ3v) is 5.39. The number of carbonyl (C=O) groups excluding carboxylic acids is 1. The highest BCUT2D eigenvalue weighted by Gasteiger charge is 2.33. The molecule has 2 heterocycles. The summed E-state index contributed by atoms with van der Waals surface area (Å²) in [5, 5.41) is 4.45. The maximum absolute atomic E-state index is 12.9. The van der Waals surface area contributed by atoms with E-state index in [2.05, 4.69) is 5.10 Å². The third kappa shape index (κ3) is 3.91. The Morgan fingerprint density at radius 3 is 2.70 bits per heavy atom. The van der Waals surface area contributed by atoms with E-state index in [0.29, 0.717) is 13.1 Å². The van der Waals surface area contributed by atoms with Crippen molar-refractivity contribution in [2.45, 2.75) is 64.2 Å². The lowest BCUT2D eigenvalue weighted by molar-refractivity contribution is -0.133. The standard InChI is InChI=1S/C20H26N4O3/c1-27-17-10-6-15(7-11-17)13-23(16-8-9-16)19(25)14-24-20(26)22-12-4-2-3-5-18(22)21-24/h6-7,10-11,16H,2-5,8-9,12-14H2,1H3. The minimum Gasteiger partial charge on any atom is -0.497 e. The fourth-order valence-electron chi connectivity index (χ4n) is 3.68. The van der Waals surface area contributed by atoms with Crippen LogP contribution >= 0.6 is 0 Å². The van der Waals surface area contributed by atoms with Gasteiger partial charge in [0.2, 0.25) is 5.91 Å².